The van der Waals surface area contributed by atoms with Gasteiger partial charge in [-0.3, -0.25) is 0 Å². The number of aliphatic hydroxyl groups is 1. The van der Waals surface area contributed by atoms with E-state index in [-0.39, 0.29) is 17.0 Å². The molecule has 1 fully saturated rings. The molecule has 1 N–H and O–H groups in total. The van der Waals surface area contributed by atoms with Crippen LogP contribution in [0, 0.1) is 11.3 Å². The van der Waals surface area contributed by atoms with Gasteiger partial charge in [-0.1, -0.05) is 12.1 Å². The monoisotopic (exact) mass is 266 g/mol. The van der Waals surface area contributed by atoms with E-state index in [2.05, 4.69) is 0 Å². The van der Waals surface area contributed by atoms with Crippen molar-refractivity contribution in [2.75, 3.05) is 13.1 Å². The largest absolute Gasteiger partial charge is 0.392 e. The van der Waals surface area contributed by atoms with Gasteiger partial charge >= 0.3 is 0 Å². The lowest BCUT2D eigenvalue weighted by atomic mass is 10.1. The molecule has 1 aromatic rings. The summed E-state index contributed by atoms with van der Waals surface area (Å²) in [5.74, 6) is 0. The van der Waals surface area contributed by atoms with Crippen molar-refractivity contribution in [1.82, 2.24) is 4.31 Å². The first-order chi connectivity index (χ1) is 8.55. The van der Waals surface area contributed by atoms with Crippen molar-refractivity contribution in [3.8, 4) is 6.07 Å². The van der Waals surface area contributed by atoms with Crippen molar-refractivity contribution in [2.24, 2.45) is 0 Å². The molecule has 0 amide bonds. The van der Waals surface area contributed by atoms with Crippen LogP contribution >= 0.6 is 0 Å². The summed E-state index contributed by atoms with van der Waals surface area (Å²) in [6.45, 7) is 0.487. The second-order valence-electron chi connectivity index (χ2n) is 4.27. The summed E-state index contributed by atoms with van der Waals surface area (Å²) in [6.07, 6.45) is 0.629. The van der Waals surface area contributed by atoms with E-state index in [1.165, 1.54) is 16.4 Å². The Hall–Kier alpha value is -1.42. The quantitative estimate of drug-likeness (QED) is 0.854. The number of piperidine rings is 1. The zero-order valence-electron chi connectivity index (χ0n) is 9.78. The average molecular weight is 266 g/mol. The second-order valence-corrected chi connectivity index (χ2v) is 6.17. The number of nitrogens with zero attached hydrogens (tertiary/aromatic N) is 2. The van der Waals surface area contributed by atoms with Crippen molar-refractivity contribution in [1.29, 1.82) is 5.26 Å². The Balaban J connectivity index is 2.39. The van der Waals surface area contributed by atoms with Gasteiger partial charge in [-0.25, -0.2) is 8.42 Å². The van der Waals surface area contributed by atoms with Gasteiger partial charge in [0.05, 0.1) is 16.6 Å². The number of hydrogen-bond acceptors (Lipinski definition) is 4. The van der Waals surface area contributed by atoms with Crippen molar-refractivity contribution < 1.29 is 13.5 Å². The summed E-state index contributed by atoms with van der Waals surface area (Å²) in [6, 6.07) is 8.01. The first kappa shape index (κ1) is 13.0. The van der Waals surface area contributed by atoms with Crippen LogP contribution in [0.25, 0.3) is 0 Å². The van der Waals surface area contributed by atoms with E-state index in [0.29, 0.717) is 19.4 Å². The lowest BCUT2D eigenvalue weighted by Crippen LogP contribution is -2.42. The minimum absolute atomic E-state index is 0.0154. The molecule has 1 heterocycles. The van der Waals surface area contributed by atoms with Gasteiger partial charge in [-0.05, 0) is 25.0 Å². The number of sulfonamides is 1. The van der Waals surface area contributed by atoms with Gasteiger partial charge in [0.15, 0.2) is 0 Å². The van der Waals surface area contributed by atoms with E-state index in [1.807, 2.05) is 6.07 Å². The zero-order chi connectivity index (χ0) is 13.2. The molecule has 0 radical (unpaired) electrons. The van der Waals surface area contributed by atoms with Gasteiger partial charge in [0, 0.05) is 13.1 Å². The van der Waals surface area contributed by atoms with Crippen LogP contribution in [-0.2, 0) is 10.0 Å². The van der Waals surface area contributed by atoms with Crippen molar-refractivity contribution >= 4 is 10.0 Å². The van der Waals surface area contributed by atoms with Crippen LogP contribution in [-0.4, -0.2) is 37.0 Å². The van der Waals surface area contributed by atoms with Crippen LogP contribution in [0.5, 0.6) is 0 Å². The molecule has 0 unspecified atom stereocenters. The predicted octanol–water partition coefficient (Wildman–Crippen LogP) is 0.704. The Morgan fingerprint density at radius 2 is 2.11 bits per heavy atom. The molecule has 0 bridgehead atoms. The Morgan fingerprint density at radius 1 is 1.39 bits per heavy atom. The van der Waals surface area contributed by atoms with E-state index < -0.39 is 16.1 Å². The molecule has 1 aliphatic rings. The lowest BCUT2D eigenvalue weighted by Gasteiger charge is -2.29. The van der Waals surface area contributed by atoms with Gasteiger partial charge < -0.3 is 5.11 Å². The number of benzene rings is 1. The van der Waals surface area contributed by atoms with Crippen LogP contribution in [0.3, 0.4) is 0 Å². The summed E-state index contributed by atoms with van der Waals surface area (Å²) in [7, 11) is -3.69. The molecule has 1 aromatic carbocycles. The summed E-state index contributed by atoms with van der Waals surface area (Å²) < 4.78 is 26.0. The molecule has 6 heteroatoms. The molecule has 5 nitrogen and oxygen atoms in total. The van der Waals surface area contributed by atoms with Gasteiger partial charge in [0.1, 0.15) is 6.07 Å². The highest BCUT2D eigenvalue weighted by molar-refractivity contribution is 7.89. The Labute approximate surface area is 106 Å². The highest BCUT2D eigenvalue weighted by Gasteiger charge is 2.30. The predicted molar refractivity (Wildman–Crippen MR) is 65.2 cm³/mol. The van der Waals surface area contributed by atoms with E-state index in [9.17, 15) is 13.5 Å². The minimum Gasteiger partial charge on any atom is -0.392 e. The average Bonchev–Trinajstić information content (AvgIpc) is 2.38. The third kappa shape index (κ3) is 2.38. The van der Waals surface area contributed by atoms with Crippen LogP contribution in [0.1, 0.15) is 18.4 Å². The zero-order valence-corrected chi connectivity index (χ0v) is 10.6. The Kier molecular flexibility index (Phi) is 3.66. The molecular weight excluding hydrogens is 252 g/mol. The van der Waals surface area contributed by atoms with Crippen LogP contribution in [0.4, 0.5) is 0 Å². The summed E-state index contributed by atoms with van der Waals surface area (Å²) in [5, 5.41) is 18.5. The highest BCUT2D eigenvalue weighted by atomic mass is 32.2. The van der Waals surface area contributed by atoms with E-state index in [4.69, 9.17) is 5.26 Å². The van der Waals surface area contributed by atoms with E-state index >= 15 is 0 Å². The van der Waals surface area contributed by atoms with Gasteiger partial charge in [-0.2, -0.15) is 9.57 Å². The third-order valence-electron chi connectivity index (χ3n) is 2.98. The van der Waals surface area contributed by atoms with Crippen molar-refractivity contribution in [3.63, 3.8) is 0 Å². The number of β-amino-alcohol motifs (C(OH)–C–C–N with tert-alkyl or cyclic N) is 1. The molecular formula is C12H14N2O3S. The number of aliphatic hydroxyl groups excluding tert-OH is 1. The topological polar surface area (TPSA) is 81.4 Å². The van der Waals surface area contributed by atoms with Crippen LogP contribution in [0.15, 0.2) is 29.2 Å². The molecule has 2 rings (SSSR count). The maximum absolute atomic E-state index is 12.4. The Morgan fingerprint density at radius 3 is 2.78 bits per heavy atom. The maximum Gasteiger partial charge on any atom is 0.244 e. The van der Waals surface area contributed by atoms with E-state index in [1.54, 1.807) is 12.1 Å². The molecule has 1 saturated heterocycles. The van der Waals surface area contributed by atoms with E-state index in [0.717, 1.165) is 0 Å². The summed E-state index contributed by atoms with van der Waals surface area (Å²) in [4.78, 5) is 0.0154. The van der Waals surface area contributed by atoms with Gasteiger partial charge in [-0.15, -0.1) is 0 Å². The minimum atomic E-state index is -3.69. The first-order valence-electron chi connectivity index (χ1n) is 5.73. The maximum atomic E-state index is 12.4. The number of rotatable bonds is 2. The SMILES string of the molecule is N#Cc1ccccc1S(=O)(=O)N1CCC[C@H](O)C1. The first-order valence-corrected chi connectivity index (χ1v) is 7.17. The van der Waals surface area contributed by atoms with Gasteiger partial charge in [0.2, 0.25) is 10.0 Å². The molecule has 0 aliphatic carbocycles. The van der Waals surface area contributed by atoms with Crippen molar-refractivity contribution in [2.45, 2.75) is 23.8 Å². The lowest BCUT2D eigenvalue weighted by molar-refractivity contribution is 0.108. The fourth-order valence-corrected chi connectivity index (χ4v) is 3.72. The molecule has 0 aromatic heterocycles. The fourth-order valence-electron chi connectivity index (χ4n) is 2.06. The molecule has 1 atom stereocenters. The standard InChI is InChI=1S/C12H14N2O3S/c13-8-10-4-1-2-6-12(10)18(16,17)14-7-3-5-11(15)9-14/h1-2,4,6,11,15H,3,5,7,9H2/t11-/m0/s1. The second kappa shape index (κ2) is 5.06. The number of nitriles is 1. The normalized spacial score (nSPS) is 21.4. The third-order valence-corrected chi connectivity index (χ3v) is 4.91. The summed E-state index contributed by atoms with van der Waals surface area (Å²) in [5.41, 5.74) is 0.137. The van der Waals surface area contributed by atoms with Crippen molar-refractivity contribution in [3.05, 3.63) is 29.8 Å². The van der Waals surface area contributed by atoms with Crippen LogP contribution < -0.4 is 0 Å². The molecule has 0 saturated carbocycles. The van der Waals surface area contributed by atoms with Crippen LogP contribution in [0.2, 0.25) is 0 Å². The fraction of sp³-hybridized carbons (Fsp3) is 0.417. The smallest absolute Gasteiger partial charge is 0.244 e. The molecule has 96 valence electrons. The Bertz CT molecular complexity index is 577. The molecule has 0 spiro atoms. The highest BCUT2D eigenvalue weighted by Crippen LogP contribution is 2.23. The molecule has 1 aliphatic heterocycles. The number of hydrogen-bond donors (Lipinski definition) is 1. The summed E-state index contributed by atoms with van der Waals surface area (Å²) >= 11 is 0. The van der Waals surface area contributed by atoms with Gasteiger partial charge in [0.25, 0.3) is 0 Å². The molecule has 18 heavy (non-hydrogen) atoms.